The standard InChI is InChI=1S/C16H16ClNO2S/c17-14-7-4-8-15(11-14)21(19,20)18-16(13-9-10-13)12-5-2-1-3-6-12/h1-8,11,13,16,18H,9-10H2/t16-/m1/s1. The first-order chi connectivity index (χ1) is 10.1. The molecule has 0 saturated heterocycles. The van der Waals surface area contributed by atoms with E-state index in [1.807, 2.05) is 30.3 Å². The lowest BCUT2D eigenvalue weighted by molar-refractivity contribution is 0.529. The van der Waals surface area contributed by atoms with Gasteiger partial charge in [0.05, 0.1) is 4.90 Å². The average molecular weight is 322 g/mol. The Morgan fingerprint density at radius 3 is 2.38 bits per heavy atom. The summed E-state index contributed by atoms with van der Waals surface area (Å²) in [5.41, 5.74) is 1.01. The number of nitrogens with one attached hydrogen (secondary N) is 1. The van der Waals surface area contributed by atoms with Crippen LogP contribution in [0.2, 0.25) is 5.02 Å². The molecule has 0 heterocycles. The van der Waals surface area contributed by atoms with Gasteiger partial charge in [-0.05, 0) is 42.5 Å². The van der Waals surface area contributed by atoms with Crippen molar-refractivity contribution in [3.05, 3.63) is 65.2 Å². The Kier molecular flexibility index (Phi) is 4.02. The summed E-state index contributed by atoms with van der Waals surface area (Å²) in [6.45, 7) is 0. The molecule has 0 aliphatic heterocycles. The van der Waals surface area contributed by atoms with Crippen LogP contribution in [0.4, 0.5) is 0 Å². The maximum Gasteiger partial charge on any atom is 0.241 e. The second-order valence-corrected chi connectivity index (χ2v) is 7.45. The van der Waals surface area contributed by atoms with Crippen molar-refractivity contribution in [2.24, 2.45) is 5.92 Å². The maximum atomic E-state index is 12.5. The predicted octanol–water partition coefficient (Wildman–Crippen LogP) is 3.77. The first-order valence-electron chi connectivity index (χ1n) is 6.89. The van der Waals surface area contributed by atoms with E-state index in [2.05, 4.69) is 4.72 Å². The molecule has 1 saturated carbocycles. The highest BCUT2D eigenvalue weighted by atomic mass is 35.5. The van der Waals surface area contributed by atoms with Crippen molar-refractivity contribution >= 4 is 21.6 Å². The van der Waals surface area contributed by atoms with Crippen molar-refractivity contribution in [2.45, 2.75) is 23.8 Å². The molecule has 2 aromatic rings. The van der Waals surface area contributed by atoms with Crippen LogP contribution in [-0.2, 0) is 10.0 Å². The third-order valence-corrected chi connectivity index (χ3v) is 5.31. The molecule has 3 rings (SSSR count). The molecule has 21 heavy (non-hydrogen) atoms. The molecule has 0 spiro atoms. The number of hydrogen-bond acceptors (Lipinski definition) is 2. The van der Waals surface area contributed by atoms with Gasteiger partial charge in [-0.15, -0.1) is 0 Å². The van der Waals surface area contributed by atoms with Gasteiger partial charge in [-0.3, -0.25) is 0 Å². The monoisotopic (exact) mass is 321 g/mol. The Morgan fingerprint density at radius 1 is 1.05 bits per heavy atom. The van der Waals surface area contributed by atoms with Gasteiger partial charge in [-0.25, -0.2) is 13.1 Å². The summed E-state index contributed by atoms with van der Waals surface area (Å²) in [5.74, 6) is 0.376. The van der Waals surface area contributed by atoms with Crippen LogP contribution in [-0.4, -0.2) is 8.42 Å². The molecule has 1 N–H and O–H groups in total. The van der Waals surface area contributed by atoms with Gasteiger partial charge in [-0.2, -0.15) is 0 Å². The van der Waals surface area contributed by atoms with Gasteiger partial charge in [-0.1, -0.05) is 48.0 Å². The third kappa shape index (κ3) is 3.46. The summed E-state index contributed by atoms with van der Waals surface area (Å²) < 4.78 is 27.9. The summed E-state index contributed by atoms with van der Waals surface area (Å²) in [4.78, 5) is 0.205. The van der Waals surface area contributed by atoms with Gasteiger partial charge >= 0.3 is 0 Å². The first kappa shape index (κ1) is 14.6. The highest BCUT2D eigenvalue weighted by Gasteiger charge is 2.35. The Morgan fingerprint density at radius 2 is 1.76 bits per heavy atom. The van der Waals surface area contributed by atoms with Gasteiger partial charge < -0.3 is 0 Å². The maximum absolute atomic E-state index is 12.5. The van der Waals surface area contributed by atoms with E-state index in [1.54, 1.807) is 18.2 Å². The second-order valence-electron chi connectivity index (χ2n) is 5.30. The van der Waals surface area contributed by atoms with E-state index < -0.39 is 10.0 Å². The normalized spacial score (nSPS) is 16.6. The van der Waals surface area contributed by atoms with E-state index in [0.29, 0.717) is 10.9 Å². The summed E-state index contributed by atoms with van der Waals surface area (Å²) in [6.07, 6.45) is 2.11. The van der Waals surface area contributed by atoms with Gasteiger partial charge in [0, 0.05) is 11.1 Å². The van der Waals surface area contributed by atoms with E-state index in [0.717, 1.165) is 18.4 Å². The Balaban J connectivity index is 1.89. The highest BCUT2D eigenvalue weighted by Crippen LogP contribution is 2.41. The number of halogens is 1. The van der Waals surface area contributed by atoms with Crippen LogP contribution in [0.3, 0.4) is 0 Å². The highest BCUT2D eigenvalue weighted by molar-refractivity contribution is 7.89. The lowest BCUT2D eigenvalue weighted by Crippen LogP contribution is -2.30. The second kappa shape index (κ2) is 5.79. The van der Waals surface area contributed by atoms with E-state index in [1.165, 1.54) is 6.07 Å². The molecule has 1 aliphatic carbocycles. The average Bonchev–Trinajstić information content (AvgIpc) is 3.30. The van der Waals surface area contributed by atoms with Crippen LogP contribution in [0.5, 0.6) is 0 Å². The number of hydrogen-bond donors (Lipinski definition) is 1. The number of sulfonamides is 1. The largest absolute Gasteiger partial charge is 0.241 e. The zero-order valence-electron chi connectivity index (χ0n) is 11.4. The third-order valence-electron chi connectivity index (χ3n) is 3.64. The fourth-order valence-electron chi connectivity index (χ4n) is 2.40. The van der Waals surface area contributed by atoms with Crippen LogP contribution < -0.4 is 4.72 Å². The van der Waals surface area contributed by atoms with Crippen LogP contribution in [0.1, 0.15) is 24.4 Å². The summed E-state index contributed by atoms with van der Waals surface area (Å²) >= 11 is 5.89. The van der Waals surface area contributed by atoms with Crippen LogP contribution in [0.25, 0.3) is 0 Å². The molecule has 0 aromatic heterocycles. The molecular formula is C16H16ClNO2S. The molecular weight excluding hydrogens is 306 g/mol. The minimum Gasteiger partial charge on any atom is -0.207 e. The molecule has 1 fully saturated rings. The molecule has 0 amide bonds. The molecule has 5 heteroatoms. The van der Waals surface area contributed by atoms with Crippen molar-refractivity contribution in [3.63, 3.8) is 0 Å². The predicted molar refractivity (Wildman–Crippen MR) is 83.7 cm³/mol. The van der Waals surface area contributed by atoms with E-state index >= 15 is 0 Å². The van der Waals surface area contributed by atoms with Crippen molar-refractivity contribution in [1.82, 2.24) is 4.72 Å². The molecule has 1 aliphatic rings. The van der Waals surface area contributed by atoms with Gasteiger partial charge in [0.2, 0.25) is 10.0 Å². The van der Waals surface area contributed by atoms with Crippen molar-refractivity contribution < 1.29 is 8.42 Å². The summed E-state index contributed by atoms with van der Waals surface area (Å²) in [5, 5.41) is 0.417. The molecule has 0 unspecified atom stereocenters. The number of rotatable bonds is 5. The lowest BCUT2D eigenvalue weighted by Gasteiger charge is -2.19. The first-order valence-corrected chi connectivity index (χ1v) is 8.75. The molecule has 2 aromatic carbocycles. The zero-order chi connectivity index (χ0) is 14.9. The Labute approximate surface area is 130 Å². The number of benzene rings is 2. The molecule has 110 valence electrons. The van der Waals surface area contributed by atoms with Crippen LogP contribution >= 0.6 is 11.6 Å². The molecule has 3 nitrogen and oxygen atoms in total. The summed E-state index contributed by atoms with van der Waals surface area (Å²) in [7, 11) is -3.57. The van der Waals surface area contributed by atoms with Crippen molar-refractivity contribution in [1.29, 1.82) is 0 Å². The topological polar surface area (TPSA) is 46.2 Å². The van der Waals surface area contributed by atoms with E-state index in [9.17, 15) is 8.42 Å². The van der Waals surface area contributed by atoms with Crippen LogP contribution in [0.15, 0.2) is 59.5 Å². The van der Waals surface area contributed by atoms with Crippen molar-refractivity contribution in [3.8, 4) is 0 Å². The van der Waals surface area contributed by atoms with Crippen LogP contribution in [0, 0.1) is 5.92 Å². The minimum absolute atomic E-state index is 0.171. The fraction of sp³-hybridized carbons (Fsp3) is 0.250. The van der Waals surface area contributed by atoms with E-state index in [-0.39, 0.29) is 10.9 Å². The van der Waals surface area contributed by atoms with E-state index in [4.69, 9.17) is 11.6 Å². The van der Waals surface area contributed by atoms with Gasteiger partial charge in [0.25, 0.3) is 0 Å². The zero-order valence-corrected chi connectivity index (χ0v) is 12.9. The quantitative estimate of drug-likeness (QED) is 0.911. The molecule has 0 radical (unpaired) electrons. The van der Waals surface area contributed by atoms with Gasteiger partial charge in [0.1, 0.15) is 0 Å². The Hall–Kier alpha value is -1.36. The lowest BCUT2D eigenvalue weighted by atomic mass is 10.0. The molecule has 0 bridgehead atoms. The Bertz CT molecular complexity index is 727. The fourth-order valence-corrected chi connectivity index (χ4v) is 3.99. The van der Waals surface area contributed by atoms with Gasteiger partial charge in [0.15, 0.2) is 0 Å². The summed E-state index contributed by atoms with van der Waals surface area (Å²) in [6, 6.07) is 15.9. The SMILES string of the molecule is O=S(=O)(N[C@H](c1ccccc1)C1CC1)c1cccc(Cl)c1. The minimum atomic E-state index is -3.57. The molecule has 1 atom stereocenters. The van der Waals surface area contributed by atoms with Crippen molar-refractivity contribution in [2.75, 3.05) is 0 Å². The smallest absolute Gasteiger partial charge is 0.207 e.